The van der Waals surface area contributed by atoms with E-state index in [9.17, 15) is 0 Å². The Morgan fingerprint density at radius 3 is 2.14 bits per heavy atom. The first-order valence-corrected chi connectivity index (χ1v) is 5.33. The first-order valence-electron chi connectivity index (χ1n) is 5.33. The van der Waals surface area contributed by atoms with Crippen molar-refractivity contribution in [3.8, 4) is 0 Å². The highest BCUT2D eigenvalue weighted by atomic mass is 15.3. The summed E-state index contributed by atoms with van der Waals surface area (Å²) in [7, 11) is 4.22. The topological polar surface area (TPSA) is 41.3 Å². The highest BCUT2D eigenvalue weighted by Crippen LogP contribution is 2.27. The van der Waals surface area contributed by atoms with Gasteiger partial charge in [-0.15, -0.1) is 6.58 Å². The molecule has 3 heteroatoms. The van der Waals surface area contributed by atoms with Gasteiger partial charge in [0.05, 0.1) is 0 Å². The number of likely N-dealkylation sites (N-methyl/N-ethyl adjacent to an activating group) is 1. The van der Waals surface area contributed by atoms with Crippen LogP contribution in [0.25, 0.3) is 0 Å². The molecule has 3 N–H and O–H groups in total. The maximum atomic E-state index is 5.61. The molecule has 0 aromatic carbocycles. The van der Waals surface area contributed by atoms with Crippen molar-refractivity contribution < 1.29 is 0 Å². The first-order chi connectivity index (χ1) is 6.58. The van der Waals surface area contributed by atoms with Crippen LogP contribution in [0.4, 0.5) is 0 Å². The monoisotopic (exact) mass is 199 g/mol. The van der Waals surface area contributed by atoms with Crippen LogP contribution >= 0.6 is 0 Å². The molecule has 1 unspecified atom stereocenters. The first kappa shape index (κ1) is 13.6. The van der Waals surface area contributed by atoms with Crippen LogP contribution in [0.5, 0.6) is 0 Å². The smallest absolute Gasteiger partial charge is 0.0428 e. The van der Waals surface area contributed by atoms with Gasteiger partial charge in [0.15, 0.2) is 0 Å². The number of rotatable bonds is 7. The Kier molecular flexibility index (Phi) is 6.00. The second kappa shape index (κ2) is 6.17. The lowest BCUT2D eigenvalue weighted by molar-refractivity contribution is 0.0894. The van der Waals surface area contributed by atoms with Crippen molar-refractivity contribution in [1.82, 2.24) is 10.3 Å². The molecule has 0 aliphatic rings. The average molecular weight is 199 g/mol. The number of hydrazine groups is 1. The minimum Gasteiger partial charge on any atom is -0.302 e. The predicted molar refractivity (Wildman–Crippen MR) is 62.9 cm³/mol. The lowest BCUT2D eigenvalue weighted by Crippen LogP contribution is -2.60. The molecule has 84 valence electrons. The molecular formula is C11H25N3. The second-order valence-corrected chi connectivity index (χ2v) is 3.95. The van der Waals surface area contributed by atoms with E-state index in [0.29, 0.717) is 0 Å². The quantitative estimate of drug-likeness (QED) is 0.371. The van der Waals surface area contributed by atoms with Gasteiger partial charge >= 0.3 is 0 Å². The lowest BCUT2D eigenvalue weighted by atomic mass is 9.82. The summed E-state index contributed by atoms with van der Waals surface area (Å²) in [5.41, 5.74) is 3.04. The standard InChI is InChI=1S/C11H25N3/c1-6-9-10(13-12)11(7-2,8-3)14(4)5/h6,10,13H,1,7-9,12H2,2-5H3. The molecule has 0 aliphatic heterocycles. The number of nitrogens with two attached hydrogens (primary N) is 1. The van der Waals surface area contributed by atoms with Gasteiger partial charge in [-0.1, -0.05) is 19.9 Å². The number of hydrogen-bond acceptors (Lipinski definition) is 3. The molecule has 0 aromatic heterocycles. The molecule has 0 amide bonds. The van der Waals surface area contributed by atoms with Crippen molar-refractivity contribution in [2.75, 3.05) is 14.1 Å². The van der Waals surface area contributed by atoms with Crippen LogP contribution in [-0.4, -0.2) is 30.6 Å². The molecule has 3 nitrogen and oxygen atoms in total. The van der Waals surface area contributed by atoms with Crippen molar-refractivity contribution >= 4 is 0 Å². The minimum atomic E-state index is 0.128. The van der Waals surface area contributed by atoms with E-state index in [2.05, 4.69) is 44.8 Å². The van der Waals surface area contributed by atoms with E-state index in [0.717, 1.165) is 19.3 Å². The largest absolute Gasteiger partial charge is 0.302 e. The van der Waals surface area contributed by atoms with Gasteiger partial charge in [0, 0.05) is 11.6 Å². The molecule has 0 aromatic rings. The summed E-state index contributed by atoms with van der Waals surface area (Å²) < 4.78 is 0. The van der Waals surface area contributed by atoms with E-state index in [-0.39, 0.29) is 11.6 Å². The summed E-state index contributed by atoms with van der Waals surface area (Å²) in [6.45, 7) is 8.19. The van der Waals surface area contributed by atoms with Crippen LogP contribution in [0.15, 0.2) is 12.7 Å². The van der Waals surface area contributed by atoms with Crippen LogP contribution in [0, 0.1) is 0 Å². The van der Waals surface area contributed by atoms with E-state index in [1.807, 2.05) is 6.08 Å². The van der Waals surface area contributed by atoms with Crippen LogP contribution in [-0.2, 0) is 0 Å². The molecule has 0 saturated carbocycles. The molecular weight excluding hydrogens is 174 g/mol. The summed E-state index contributed by atoms with van der Waals surface area (Å²) in [4.78, 5) is 2.26. The second-order valence-electron chi connectivity index (χ2n) is 3.95. The fourth-order valence-electron chi connectivity index (χ4n) is 2.30. The van der Waals surface area contributed by atoms with Gasteiger partial charge in [-0.3, -0.25) is 11.3 Å². The average Bonchev–Trinajstić information content (AvgIpc) is 2.18. The van der Waals surface area contributed by atoms with Crippen LogP contribution < -0.4 is 11.3 Å². The summed E-state index contributed by atoms with van der Waals surface area (Å²) in [5.74, 6) is 5.61. The van der Waals surface area contributed by atoms with Crippen LogP contribution in [0.2, 0.25) is 0 Å². The van der Waals surface area contributed by atoms with Gasteiger partial charge in [0.2, 0.25) is 0 Å². The SMILES string of the molecule is C=CCC(NN)C(CC)(CC)N(C)C. The summed E-state index contributed by atoms with van der Waals surface area (Å²) in [6, 6.07) is 0.269. The van der Waals surface area contributed by atoms with E-state index in [4.69, 9.17) is 5.84 Å². The Hall–Kier alpha value is -0.380. The Bertz CT molecular complexity index is 162. The summed E-state index contributed by atoms with van der Waals surface area (Å²) >= 11 is 0. The number of hydrogen-bond donors (Lipinski definition) is 2. The molecule has 0 aliphatic carbocycles. The maximum Gasteiger partial charge on any atom is 0.0428 e. The number of nitrogens with one attached hydrogen (secondary N) is 1. The van der Waals surface area contributed by atoms with Crippen molar-refractivity contribution in [1.29, 1.82) is 0 Å². The minimum absolute atomic E-state index is 0.128. The fraction of sp³-hybridized carbons (Fsp3) is 0.818. The van der Waals surface area contributed by atoms with Crippen molar-refractivity contribution in [2.24, 2.45) is 5.84 Å². The third kappa shape index (κ3) is 2.56. The highest BCUT2D eigenvalue weighted by Gasteiger charge is 2.36. The zero-order valence-electron chi connectivity index (χ0n) is 10.0. The molecule has 0 fully saturated rings. The molecule has 0 saturated heterocycles. The van der Waals surface area contributed by atoms with Crippen LogP contribution in [0.1, 0.15) is 33.1 Å². The van der Waals surface area contributed by atoms with E-state index < -0.39 is 0 Å². The summed E-state index contributed by atoms with van der Waals surface area (Å²) in [6.07, 6.45) is 4.99. The van der Waals surface area contributed by atoms with Crippen LogP contribution in [0.3, 0.4) is 0 Å². The molecule has 0 rings (SSSR count). The molecule has 0 radical (unpaired) electrons. The molecule has 0 bridgehead atoms. The maximum absolute atomic E-state index is 5.61. The Labute approximate surface area is 88.3 Å². The van der Waals surface area contributed by atoms with Gasteiger partial charge in [-0.2, -0.15) is 0 Å². The molecule has 14 heavy (non-hydrogen) atoms. The highest BCUT2D eigenvalue weighted by molar-refractivity contribution is 4.98. The normalized spacial score (nSPS) is 14.4. The molecule has 0 heterocycles. The molecule has 1 atom stereocenters. The zero-order valence-corrected chi connectivity index (χ0v) is 10.0. The predicted octanol–water partition coefficient (Wildman–Crippen LogP) is 1.51. The third-order valence-electron chi connectivity index (χ3n) is 3.37. The van der Waals surface area contributed by atoms with Gasteiger partial charge < -0.3 is 4.90 Å². The molecule has 0 spiro atoms. The van der Waals surface area contributed by atoms with Crippen molar-refractivity contribution in [3.05, 3.63) is 12.7 Å². The van der Waals surface area contributed by atoms with E-state index in [1.54, 1.807) is 0 Å². The van der Waals surface area contributed by atoms with Crippen molar-refractivity contribution in [3.63, 3.8) is 0 Å². The third-order valence-corrected chi connectivity index (χ3v) is 3.37. The zero-order chi connectivity index (χ0) is 11.2. The van der Waals surface area contributed by atoms with Gasteiger partial charge in [0.1, 0.15) is 0 Å². The Morgan fingerprint density at radius 1 is 1.43 bits per heavy atom. The van der Waals surface area contributed by atoms with E-state index in [1.165, 1.54) is 0 Å². The van der Waals surface area contributed by atoms with Gasteiger partial charge in [-0.25, -0.2) is 0 Å². The lowest BCUT2D eigenvalue weighted by Gasteiger charge is -2.44. The van der Waals surface area contributed by atoms with Gasteiger partial charge in [-0.05, 0) is 33.4 Å². The Morgan fingerprint density at radius 2 is 1.93 bits per heavy atom. The van der Waals surface area contributed by atoms with Crippen molar-refractivity contribution in [2.45, 2.75) is 44.7 Å². The Balaban J connectivity index is 4.81. The van der Waals surface area contributed by atoms with E-state index >= 15 is 0 Å². The summed E-state index contributed by atoms with van der Waals surface area (Å²) in [5, 5.41) is 0. The number of nitrogens with zero attached hydrogens (tertiary/aromatic N) is 1. The van der Waals surface area contributed by atoms with Gasteiger partial charge in [0.25, 0.3) is 0 Å². The fourth-order valence-corrected chi connectivity index (χ4v) is 2.30.